The lowest BCUT2D eigenvalue weighted by Gasteiger charge is -2.07. The molecule has 1 fully saturated rings. The molecule has 1 aliphatic rings. The van der Waals surface area contributed by atoms with Gasteiger partial charge < -0.3 is 14.8 Å². The SMILES string of the molecule is COc1ccc(COc2ccc(/C=C3\NC(=O)NC3=O)cc2)cc1. The Hall–Kier alpha value is -3.28. The number of hydrogen-bond acceptors (Lipinski definition) is 4. The van der Waals surface area contributed by atoms with E-state index in [9.17, 15) is 9.59 Å². The molecule has 6 heteroatoms. The third-order valence-corrected chi connectivity index (χ3v) is 3.48. The molecule has 122 valence electrons. The molecule has 1 aliphatic heterocycles. The highest BCUT2D eigenvalue weighted by Crippen LogP contribution is 2.17. The molecule has 0 radical (unpaired) electrons. The topological polar surface area (TPSA) is 76.7 Å². The van der Waals surface area contributed by atoms with E-state index in [1.807, 2.05) is 48.5 Å². The molecule has 2 aromatic carbocycles. The molecule has 6 nitrogen and oxygen atoms in total. The average molecular weight is 324 g/mol. The molecular weight excluding hydrogens is 308 g/mol. The van der Waals surface area contributed by atoms with Crippen LogP contribution in [0.25, 0.3) is 6.08 Å². The maximum absolute atomic E-state index is 11.5. The van der Waals surface area contributed by atoms with Crippen LogP contribution in [0.2, 0.25) is 0 Å². The fourth-order valence-electron chi connectivity index (χ4n) is 2.20. The van der Waals surface area contributed by atoms with Gasteiger partial charge in [-0.2, -0.15) is 0 Å². The first kappa shape index (κ1) is 15.6. The number of hydrogen-bond donors (Lipinski definition) is 2. The first-order chi connectivity index (χ1) is 11.6. The smallest absolute Gasteiger partial charge is 0.326 e. The third kappa shape index (κ3) is 3.73. The zero-order valence-corrected chi connectivity index (χ0v) is 13.0. The van der Waals surface area contributed by atoms with Crippen molar-refractivity contribution in [1.29, 1.82) is 0 Å². The Kier molecular flexibility index (Phi) is 4.47. The zero-order chi connectivity index (χ0) is 16.9. The lowest BCUT2D eigenvalue weighted by atomic mass is 10.2. The Bertz CT molecular complexity index is 780. The predicted molar refractivity (Wildman–Crippen MR) is 88.4 cm³/mol. The van der Waals surface area contributed by atoms with E-state index in [-0.39, 0.29) is 5.70 Å². The first-order valence-corrected chi connectivity index (χ1v) is 7.34. The summed E-state index contributed by atoms with van der Waals surface area (Å²) in [6.07, 6.45) is 1.60. The molecule has 24 heavy (non-hydrogen) atoms. The summed E-state index contributed by atoms with van der Waals surface area (Å²) in [4.78, 5) is 22.5. The quantitative estimate of drug-likeness (QED) is 0.654. The summed E-state index contributed by atoms with van der Waals surface area (Å²) in [5.74, 6) is 1.09. The number of carbonyl (C=O) groups is 2. The summed E-state index contributed by atoms with van der Waals surface area (Å²) >= 11 is 0. The second-order valence-corrected chi connectivity index (χ2v) is 5.17. The van der Waals surface area contributed by atoms with Crippen LogP contribution < -0.4 is 20.1 Å². The molecule has 0 saturated carbocycles. The summed E-state index contributed by atoms with van der Waals surface area (Å²) in [5.41, 5.74) is 2.05. The third-order valence-electron chi connectivity index (χ3n) is 3.48. The number of carbonyl (C=O) groups excluding carboxylic acids is 2. The van der Waals surface area contributed by atoms with Crippen LogP contribution >= 0.6 is 0 Å². The van der Waals surface area contributed by atoms with Gasteiger partial charge in [0, 0.05) is 0 Å². The van der Waals surface area contributed by atoms with Crippen molar-refractivity contribution in [3.8, 4) is 11.5 Å². The van der Waals surface area contributed by atoms with Gasteiger partial charge in [0.2, 0.25) is 0 Å². The molecule has 0 unspecified atom stereocenters. The van der Waals surface area contributed by atoms with Gasteiger partial charge in [-0.15, -0.1) is 0 Å². The molecule has 0 bridgehead atoms. The van der Waals surface area contributed by atoms with E-state index in [1.165, 1.54) is 0 Å². The zero-order valence-electron chi connectivity index (χ0n) is 13.0. The van der Waals surface area contributed by atoms with E-state index in [1.54, 1.807) is 13.2 Å². The van der Waals surface area contributed by atoms with Gasteiger partial charge in [-0.3, -0.25) is 10.1 Å². The van der Waals surface area contributed by atoms with Crippen LogP contribution in [0.1, 0.15) is 11.1 Å². The standard InChI is InChI=1S/C18H16N2O4/c1-23-14-6-4-13(5-7-14)11-24-15-8-2-12(3-9-15)10-16-17(21)20-18(22)19-16/h2-10H,11H2,1H3,(H2,19,20,21,22)/b16-10-. The number of amides is 3. The molecule has 2 N–H and O–H groups in total. The van der Waals surface area contributed by atoms with Gasteiger partial charge in [0.1, 0.15) is 23.8 Å². The Morgan fingerprint density at radius 3 is 2.17 bits per heavy atom. The first-order valence-electron chi connectivity index (χ1n) is 7.34. The van der Waals surface area contributed by atoms with Crippen molar-refractivity contribution >= 4 is 18.0 Å². The van der Waals surface area contributed by atoms with Crippen LogP contribution in [0.15, 0.2) is 54.2 Å². The monoisotopic (exact) mass is 324 g/mol. The number of urea groups is 1. The van der Waals surface area contributed by atoms with Crippen LogP contribution in [-0.2, 0) is 11.4 Å². The van der Waals surface area contributed by atoms with Crippen molar-refractivity contribution in [2.24, 2.45) is 0 Å². The number of benzene rings is 2. The van der Waals surface area contributed by atoms with Gasteiger partial charge in [-0.1, -0.05) is 24.3 Å². The summed E-state index contributed by atoms with van der Waals surface area (Å²) < 4.78 is 10.8. The Balaban J connectivity index is 1.61. The van der Waals surface area contributed by atoms with Gasteiger partial charge in [-0.25, -0.2) is 4.79 Å². The Labute approximate surface area is 139 Å². The van der Waals surface area contributed by atoms with Crippen molar-refractivity contribution in [2.45, 2.75) is 6.61 Å². The molecule has 3 amide bonds. The molecule has 0 aromatic heterocycles. The van der Waals surface area contributed by atoms with E-state index < -0.39 is 11.9 Å². The summed E-state index contributed by atoms with van der Waals surface area (Å²) in [6, 6.07) is 14.4. The highest BCUT2D eigenvalue weighted by Gasteiger charge is 2.22. The van der Waals surface area contributed by atoms with E-state index in [0.29, 0.717) is 12.4 Å². The second kappa shape index (κ2) is 6.87. The number of methoxy groups -OCH3 is 1. The number of rotatable bonds is 5. The lowest BCUT2D eigenvalue weighted by Crippen LogP contribution is -2.22. The number of ether oxygens (including phenoxy) is 2. The largest absolute Gasteiger partial charge is 0.497 e. The Morgan fingerprint density at radius 2 is 1.58 bits per heavy atom. The second-order valence-electron chi connectivity index (χ2n) is 5.17. The summed E-state index contributed by atoms with van der Waals surface area (Å²) in [7, 11) is 1.63. The van der Waals surface area contributed by atoms with Gasteiger partial charge in [0.05, 0.1) is 7.11 Å². The van der Waals surface area contributed by atoms with Crippen molar-refractivity contribution in [3.05, 3.63) is 65.4 Å². The van der Waals surface area contributed by atoms with Crippen LogP contribution in [0.5, 0.6) is 11.5 Å². The maximum Gasteiger partial charge on any atom is 0.326 e. The van der Waals surface area contributed by atoms with E-state index in [0.717, 1.165) is 16.9 Å². The number of imide groups is 1. The van der Waals surface area contributed by atoms with Gasteiger partial charge in [-0.05, 0) is 41.5 Å². The van der Waals surface area contributed by atoms with Crippen molar-refractivity contribution < 1.29 is 19.1 Å². The highest BCUT2D eigenvalue weighted by atomic mass is 16.5. The average Bonchev–Trinajstić information content (AvgIpc) is 2.92. The van der Waals surface area contributed by atoms with Crippen molar-refractivity contribution in [2.75, 3.05) is 7.11 Å². The molecule has 0 spiro atoms. The van der Waals surface area contributed by atoms with Crippen molar-refractivity contribution in [3.63, 3.8) is 0 Å². The van der Waals surface area contributed by atoms with Crippen LogP contribution in [-0.4, -0.2) is 19.0 Å². The molecule has 2 aromatic rings. The number of nitrogens with one attached hydrogen (secondary N) is 2. The summed E-state index contributed by atoms with van der Waals surface area (Å²) in [6.45, 7) is 0.447. The molecule has 0 atom stereocenters. The molecule has 1 heterocycles. The normalized spacial score (nSPS) is 15.1. The van der Waals surface area contributed by atoms with E-state index in [2.05, 4.69) is 10.6 Å². The van der Waals surface area contributed by atoms with E-state index >= 15 is 0 Å². The maximum atomic E-state index is 11.5. The highest BCUT2D eigenvalue weighted by molar-refractivity contribution is 6.13. The predicted octanol–water partition coefficient (Wildman–Crippen LogP) is 2.45. The molecule has 1 saturated heterocycles. The van der Waals surface area contributed by atoms with E-state index in [4.69, 9.17) is 9.47 Å². The fraction of sp³-hybridized carbons (Fsp3) is 0.111. The Morgan fingerprint density at radius 1 is 0.917 bits per heavy atom. The van der Waals surface area contributed by atoms with Gasteiger partial charge in [0.25, 0.3) is 5.91 Å². The fourth-order valence-corrected chi connectivity index (χ4v) is 2.20. The van der Waals surface area contributed by atoms with Crippen LogP contribution in [0, 0.1) is 0 Å². The molecular formula is C18H16N2O4. The lowest BCUT2D eigenvalue weighted by molar-refractivity contribution is -0.115. The summed E-state index contributed by atoms with van der Waals surface area (Å²) in [5, 5.41) is 4.60. The van der Waals surface area contributed by atoms with Gasteiger partial charge >= 0.3 is 6.03 Å². The minimum atomic E-state index is -0.509. The van der Waals surface area contributed by atoms with Crippen molar-refractivity contribution in [1.82, 2.24) is 10.6 Å². The van der Waals surface area contributed by atoms with Crippen LogP contribution in [0.4, 0.5) is 4.79 Å². The minimum absolute atomic E-state index is 0.229. The van der Waals surface area contributed by atoms with Crippen LogP contribution in [0.3, 0.4) is 0 Å². The minimum Gasteiger partial charge on any atom is -0.497 e. The molecule has 3 rings (SSSR count). The molecule has 0 aliphatic carbocycles. The van der Waals surface area contributed by atoms with Gasteiger partial charge in [0.15, 0.2) is 0 Å².